The van der Waals surface area contributed by atoms with Crippen LogP contribution in [-0.2, 0) is 0 Å². The molecule has 1 heterocycles. The Morgan fingerprint density at radius 3 is 2.85 bits per heavy atom. The van der Waals surface area contributed by atoms with Gasteiger partial charge in [0.25, 0.3) is 0 Å². The lowest BCUT2D eigenvalue weighted by Crippen LogP contribution is -2.15. The van der Waals surface area contributed by atoms with Crippen LogP contribution in [0.1, 0.15) is 16.8 Å². The van der Waals surface area contributed by atoms with Gasteiger partial charge in [-0.3, -0.25) is 4.79 Å². The van der Waals surface area contributed by atoms with E-state index in [0.29, 0.717) is 24.3 Å². The number of ether oxygens (including phenoxy) is 1. The van der Waals surface area contributed by atoms with Gasteiger partial charge in [0.15, 0.2) is 5.78 Å². The summed E-state index contributed by atoms with van der Waals surface area (Å²) in [6, 6.07) is 3.67. The molecule has 0 N–H and O–H groups in total. The van der Waals surface area contributed by atoms with Crippen molar-refractivity contribution in [2.24, 2.45) is 0 Å². The van der Waals surface area contributed by atoms with Gasteiger partial charge < -0.3 is 4.74 Å². The monoisotopic (exact) mass is 304 g/mol. The molecular weight excluding hydrogens is 300 g/mol. The van der Waals surface area contributed by atoms with E-state index in [1.165, 1.54) is 0 Å². The average Bonchev–Trinajstić information content (AvgIpc) is 2.12. The lowest BCUT2D eigenvalue weighted by molar-refractivity contribution is 0.0932. The van der Waals surface area contributed by atoms with Gasteiger partial charge in [-0.15, -0.1) is 0 Å². The lowest BCUT2D eigenvalue weighted by atomic mass is 10.1. The van der Waals surface area contributed by atoms with Crippen molar-refractivity contribution in [1.82, 2.24) is 0 Å². The van der Waals surface area contributed by atoms with E-state index in [9.17, 15) is 4.79 Å². The van der Waals surface area contributed by atoms with Crippen LogP contribution < -0.4 is 4.74 Å². The van der Waals surface area contributed by atoms with Gasteiger partial charge >= 0.3 is 0 Å². The molecule has 4 heteroatoms. The summed E-state index contributed by atoms with van der Waals surface area (Å²) in [7, 11) is 0. The van der Waals surface area contributed by atoms with Gasteiger partial charge in [0, 0.05) is 15.4 Å². The lowest BCUT2D eigenvalue weighted by Gasteiger charge is -2.17. The zero-order valence-electron chi connectivity index (χ0n) is 6.64. The summed E-state index contributed by atoms with van der Waals surface area (Å²) in [6.45, 7) is 0.486. The van der Waals surface area contributed by atoms with Gasteiger partial charge in [0.05, 0.1) is 12.2 Å². The molecule has 0 atom stereocenters. The minimum absolute atomic E-state index is 0.134. The summed E-state index contributed by atoms with van der Waals surface area (Å²) in [5.74, 6) is 0.806. The summed E-state index contributed by atoms with van der Waals surface area (Å²) >= 11 is 6.71. The largest absolute Gasteiger partial charge is 0.492 e. The molecule has 0 radical (unpaired) electrons. The molecule has 1 aromatic carbocycles. The van der Waals surface area contributed by atoms with Gasteiger partial charge in [0.2, 0.25) is 0 Å². The van der Waals surface area contributed by atoms with E-state index in [-0.39, 0.29) is 5.78 Å². The molecule has 1 aromatic rings. The summed E-state index contributed by atoms with van der Waals surface area (Å²) < 4.78 is 7.02. The Balaban J connectivity index is 2.65. The number of carbonyl (C=O) groups is 1. The maximum absolute atomic E-state index is 11.5. The molecule has 0 aliphatic carbocycles. The van der Waals surface area contributed by atoms with Crippen molar-refractivity contribution in [3.8, 4) is 5.75 Å². The molecule has 0 bridgehead atoms. The van der Waals surface area contributed by atoms with E-state index in [4.69, 9.17) is 4.74 Å². The quantitative estimate of drug-likeness (QED) is 0.736. The third kappa shape index (κ3) is 1.53. The van der Waals surface area contributed by atoms with Crippen molar-refractivity contribution in [1.29, 1.82) is 0 Å². The van der Waals surface area contributed by atoms with E-state index in [2.05, 4.69) is 31.9 Å². The van der Waals surface area contributed by atoms with E-state index >= 15 is 0 Å². The Kier molecular flexibility index (Phi) is 2.43. The zero-order valence-corrected chi connectivity index (χ0v) is 9.81. The normalized spacial score (nSPS) is 15.1. The van der Waals surface area contributed by atoms with Crippen LogP contribution in [0.25, 0.3) is 0 Å². The molecule has 2 rings (SSSR count). The molecule has 68 valence electrons. The first-order valence-corrected chi connectivity index (χ1v) is 5.43. The number of benzene rings is 1. The van der Waals surface area contributed by atoms with E-state index in [1.807, 2.05) is 6.07 Å². The maximum atomic E-state index is 11.5. The first-order chi connectivity index (χ1) is 6.20. The average molecular weight is 306 g/mol. The fourth-order valence-electron chi connectivity index (χ4n) is 1.29. The van der Waals surface area contributed by atoms with Crippen LogP contribution in [0.2, 0.25) is 0 Å². The van der Waals surface area contributed by atoms with Crippen molar-refractivity contribution in [2.75, 3.05) is 6.61 Å². The SMILES string of the molecule is O=C1CCOc2ccc(Br)c(Br)c21. The number of fused-ring (bicyclic) bond motifs is 1. The van der Waals surface area contributed by atoms with Crippen LogP contribution in [0.15, 0.2) is 21.1 Å². The number of carbonyl (C=O) groups excluding carboxylic acids is 1. The van der Waals surface area contributed by atoms with Gasteiger partial charge in [0.1, 0.15) is 5.75 Å². The van der Waals surface area contributed by atoms with Gasteiger partial charge in [-0.1, -0.05) is 0 Å². The number of hydrogen-bond donors (Lipinski definition) is 0. The topological polar surface area (TPSA) is 26.3 Å². The summed E-state index contributed by atoms with van der Waals surface area (Å²) in [4.78, 5) is 11.5. The van der Waals surface area contributed by atoms with Crippen LogP contribution in [0.5, 0.6) is 5.75 Å². The van der Waals surface area contributed by atoms with Gasteiger partial charge in [-0.2, -0.15) is 0 Å². The Hall–Kier alpha value is -0.350. The summed E-state index contributed by atoms with van der Waals surface area (Å²) in [5, 5.41) is 0. The van der Waals surface area contributed by atoms with E-state index < -0.39 is 0 Å². The number of hydrogen-bond acceptors (Lipinski definition) is 2. The fraction of sp³-hybridized carbons (Fsp3) is 0.222. The van der Waals surface area contributed by atoms with Crippen LogP contribution in [-0.4, -0.2) is 12.4 Å². The molecule has 0 fully saturated rings. The number of ketones is 1. The molecule has 0 spiro atoms. The highest BCUT2D eigenvalue weighted by molar-refractivity contribution is 9.13. The number of rotatable bonds is 0. The molecule has 0 unspecified atom stereocenters. The Morgan fingerprint density at radius 2 is 2.08 bits per heavy atom. The van der Waals surface area contributed by atoms with Crippen molar-refractivity contribution in [3.05, 3.63) is 26.6 Å². The maximum Gasteiger partial charge on any atom is 0.171 e. The predicted octanol–water partition coefficient (Wildman–Crippen LogP) is 3.18. The number of Topliss-reactive ketones (excluding diaryl/α,β-unsaturated/α-hetero) is 1. The van der Waals surface area contributed by atoms with E-state index in [1.54, 1.807) is 6.07 Å². The molecule has 1 aliphatic rings. The molecule has 1 aliphatic heterocycles. The number of halogens is 2. The second-order valence-electron chi connectivity index (χ2n) is 2.76. The third-order valence-corrected chi connectivity index (χ3v) is 3.94. The van der Waals surface area contributed by atoms with Crippen LogP contribution in [0.4, 0.5) is 0 Å². The first-order valence-electron chi connectivity index (χ1n) is 3.84. The van der Waals surface area contributed by atoms with Crippen LogP contribution in [0, 0.1) is 0 Å². The van der Waals surface area contributed by atoms with Crippen molar-refractivity contribution < 1.29 is 9.53 Å². The molecular formula is C9H6Br2O2. The second kappa shape index (κ2) is 3.42. The smallest absolute Gasteiger partial charge is 0.171 e. The fourth-order valence-corrected chi connectivity index (χ4v) is 2.17. The molecule has 13 heavy (non-hydrogen) atoms. The van der Waals surface area contributed by atoms with E-state index in [0.717, 1.165) is 8.95 Å². The standard InChI is InChI=1S/C9H6Br2O2/c10-5-1-2-7-8(9(5)11)6(12)3-4-13-7/h1-2H,3-4H2. The van der Waals surface area contributed by atoms with Crippen LogP contribution in [0.3, 0.4) is 0 Å². The van der Waals surface area contributed by atoms with Crippen molar-refractivity contribution >= 4 is 37.6 Å². The van der Waals surface area contributed by atoms with Gasteiger partial charge in [-0.05, 0) is 44.0 Å². The zero-order chi connectivity index (χ0) is 9.42. The highest BCUT2D eigenvalue weighted by Crippen LogP contribution is 2.36. The second-order valence-corrected chi connectivity index (χ2v) is 4.40. The predicted molar refractivity (Wildman–Crippen MR) is 56.3 cm³/mol. The van der Waals surface area contributed by atoms with Gasteiger partial charge in [-0.25, -0.2) is 0 Å². The third-order valence-electron chi connectivity index (χ3n) is 1.92. The molecule has 2 nitrogen and oxygen atoms in total. The van der Waals surface area contributed by atoms with Crippen molar-refractivity contribution in [3.63, 3.8) is 0 Å². The molecule has 0 saturated heterocycles. The molecule has 0 aromatic heterocycles. The highest BCUT2D eigenvalue weighted by atomic mass is 79.9. The molecule has 0 saturated carbocycles. The first kappa shape index (κ1) is 9.21. The van der Waals surface area contributed by atoms with Crippen molar-refractivity contribution in [2.45, 2.75) is 6.42 Å². The minimum atomic E-state index is 0.134. The Bertz CT molecular complexity index is 374. The Labute approximate surface area is 92.5 Å². The Morgan fingerprint density at radius 1 is 1.31 bits per heavy atom. The minimum Gasteiger partial charge on any atom is -0.492 e. The summed E-state index contributed by atoms with van der Waals surface area (Å²) in [6.07, 6.45) is 0.460. The molecule has 0 amide bonds. The van der Waals surface area contributed by atoms with Crippen LogP contribution >= 0.6 is 31.9 Å². The summed E-state index contributed by atoms with van der Waals surface area (Å²) in [5.41, 5.74) is 0.653. The highest BCUT2D eigenvalue weighted by Gasteiger charge is 2.22.